The van der Waals surface area contributed by atoms with Gasteiger partial charge in [-0.2, -0.15) is 5.10 Å². The van der Waals surface area contributed by atoms with E-state index >= 15 is 0 Å². The second-order valence-electron chi connectivity index (χ2n) is 4.01. The number of aromatic nitrogens is 4. The molecular weight excluding hydrogens is 230 g/mol. The van der Waals surface area contributed by atoms with Crippen LogP contribution in [0.25, 0.3) is 0 Å². The van der Waals surface area contributed by atoms with E-state index in [1.807, 2.05) is 31.8 Å². The molecule has 0 fully saturated rings. The molecule has 2 aromatic rings. The molecule has 0 radical (unpaired) electrons. The molecular formula is C12H17N5O. The summed E-state index contributed by atoms with van der Waals surface area (Å²) in [4.78, 5) is 8.53. The molecule has 0 aliphatic carbocycles. The van der Waals surface area contributed by atoms with Gasteiger partial charge in [0.1, 0.15) is 5.69 Å². The molecule has 1 atom stereocenters. The summed E-state index contributed by atoms with van der Waals surface area (Å²) in [7, 11) is 5.38. The summed E-state index contributed by atoms with van der Waals surface area (Å²) in [5.41, 5.74) is 2.75. The minimum atomic E-state index is -0.0974. The monoisotopic (exact) mass is 247 g/mol. The minimum Gasteiger partial charge on any atom is -0.480 e. The predicted octanol–water partition coefficient (Wildman–Crippen LogP) is 0.836. The van der Waals surface area contributed by atoms with E-state index < -0.39 is 0 Å². The summed E-state index contributed by atoms with van der Waals surface area (Å²) in [5, 5.41) is 7.57. The van der Waals surface area contributed by atoms with Gasteiger partial charge in [-0.3, -0.25) is 9.67 Å². The van der Waals surface area contributed by atoms with E-state index in [1.165, 1.54) is 0 Å². The molecule has 0 aliphatic heterocycles. The summed E-state index contributed by atoms with van der Waals surface area (Å²) >= 11 is 0. The van der Waals surface area contributed by atoms with Crippen LogP contribution >= 0.6 is 0 Å². The first-order valence-electron chi connectivity index (χ1n) is 5.70. The van der Waals surface area contributed by atoms with E-state index in [4.69, 9.17) is 4.74 Å². The predicted molar refractivity (Wildman–Crippen MR) is 67.4 cm³/mol. The summed E-state index contributed by atoms with van der Waals surface area (Å²) in [6, 6.07) is 1.93. The van der Waals surface area contributed by atoms with Gasteiger partial charge in [0, 0.05) is 19.4 Å². The first kappa shape index (κ1) is 12.5. The van der Waals surface area contributed by atoms with E-state index in [2.05, 4.69) is 20.4 Å². The number of methoxy groups -OCH3 is 1. The molecule has 0 amide bonds. The minimum absolute atomic E-state index is 0.0974. The highest BCUT2D eigenvalue weighted by molar-refractivity contribution is 5.30. The Morgan fingerprint density at radius 3 is 2.61 bits per heavy atom. The first-order chi connectivity index (χ1) is 8.67. The van der Waals surface area contributed by atoms with Gasteiger partial charge in [-0.05, 0) is 20.0 Å². The van der Waals surface area contributed by atoms with E-state index in [0.29, 0.717) is 5.88 Å². The zero-order valence-electron chi connectivity index (χ0n) is 11.0. The number of nitrogens with zero attached hydrogens (tertiary/aromatic N) is 4. The Balaban J connectivity index is 2.48. The smallest absolute Gasteiger partial charge is 0.237 e. The number of hydrogen-bond acceptors (Lipinski definition) is 5. The number of nitrogens with one attached hydrogen (secondary N) is 1. The van der Waals surface area contributed by atoms with Crippen molar-refractivity contribution in [2.75, 3.05) is 14.2 Å². The zero-order chi connectivity index (χ0) is 13.1. The van der Waals surface area contributed by atoms with Gasteiger partial charge in [0.25, 0.3) is 0 Å². The Morgan fingerprint density at radius 2 is 2.06 bits per heavy atom. The number of hydrogen-bond donors (Lipinski definition) is 1. The van der Waals surface area contributed by atoms with Crippen LogP contribution in [-0.4, -0.2) is 33.9 Å². The molecule has 1 unspecified atom stereocenters. The quantitative estimate of drug-likeness (QED) is 0.867. The Labute approximate surface area is 106 Å². The topological polar surface area (TPSA) is 64.9 Å². The first-order valence-corrected chi connectivity index (χ1v) is 5.70. The van der Waals surface area contributed by atoms with E-state index in [9.17, 15) is 0 Å². The van der Waals surface area contributed by atoms with Crippen molar-refractivity contribution in [2.45, 2.75) is 13.0 Å². The van der Waals surface area contributed by atoms with Crippen LogP contribution in [-0.2, 0) is 7.05 Å². The van der Waals surface area contributed by atoms with Crippen molar-refractivity contribution in [3.63, 3.8) is 0 Å². The maximum absolute atomic E-state index is 5.25. The van der Waals surface area contributed by atoms with Crippen LogP contribution in [0.4, 0.5) is 0 Å². The van der Waals surface area contributed by atoms with Gasteiger partial charge < -0.3 is 10.1 Å². The van der Waals surface area contributed by atoms with Crippen molar-refractivity contribution in [2.24, 2.45) is 7.05 Å². The average Bonchev–Trinajstić information content (AvgIpc) is 2.70. The molecule has 1 N–H and O–H groups in total. The molecule has 6 nitrogen and oxygen atoms in total. The Morgan fingerprint density at radius 1 is 1.33 bits per heavy atom. The van der Waals surface area contributed by atoms with Crippen molar-refractivity contribution in [1.82, 2.24) is 25.1 Å². The van der Waals surface area contributed by atoms with Crippen LogP contribution in [0.5, 0.6) is 5.88 Å². The average molecular weight is 247 g/mol. The van der Waals surface area contributed by atoms with Crippen molar-refractivity contribution in [3.8, 4) is 5.88 Å². The molecule has 0 saturated carbocycles. The number of aryl methyl sites for hydroxylation is 2. The highest BCUT2D eigenvalue weighted by Gasteiger charge is 2.22. The highest BCUT2D eigenvalue weighted by Crippen LogP contribution is 2.25. The third-order valence-corrected chi connectivity index (χ3v) is 2.78. The second kappa shape index (κ2) is 5.14. The normalized spacial score (nSPS) is 12.4. The lowest BCUT2D eigenvalue weighted by atomic mass is 10.1. The van der Waals surface area contributed by atoms with Crippen molar-refractivity contribution in [1.29, 1.82) is 0 Å². The van der Waals surface area contributed by atoms with E-state index in [-0.39, 0.29) is 6.04 Å². The van der Waals surface area contributed by atoms with Crippen LogP contribution in [0.15, 0.2) is 18.5 Å². The van der Waals surface area contributed by atoms with Crippen LogP contribution in [0.3, 0.4) is 0 Å². The molecule has 0 saturated heterocycles. The number of rotatable bonds is 4. The van der Waals surface area contributed by atoms with Crippen molar-refractivity contribution < 1.29 is 4.74 Å². The van der Waals surface area contributed by atoms with Gasteiger partial charge in [-0.15, -0.1) is 0 Å². The largest absolute Gasteiger partial charge is 0.480 e. The third kappa shape index (κ3) is 2.19. The Bertz CT molecular complexity index is 537. The molecule has 2 heterocycles. The van der Waals surface area contributed by atoms with Gasteiger partial charge in [0.2, 0.25) is 5.88 Å². The third-order valence-electron chi connectivity index (χ3n) is 2.78. The fourth-order valence-corrected chi connectivity index (χ4v) is 2.02. The fraction of sp³-hybridized carbons (Fsp3) is 0.417. The van der Waals surface area contributed by atoms with Crippen LogP contribution in [0.2, 0.25) is 0 Å². The molecule has 0 aliphatic rings. The number of ether oxygens (including phenoxy) is 1. The van der Waals surface area contributed by atoms with Crippen molar-refractivity contribution in [3.05, 3.63) is 35.5 Å². The summed E-state index contributed by atoms with van der Waals surface area (Å²) in [5.74, 6) is 0.524. The second-order valence-corrected chi connectivity index (χ2v) is 4.01. The molecule has 0 spiro atoms. The highest BCUT2D eigenvalue weighted by atomic mass is 16.5. The van der Waals surface area contributed by atoms with Gasteiger partial charge in [-0.1, -0.05) is 0 Å². The molecule has 18 heavy (non-hydrogen) atoms. The maximum atomic E-state index is 5.25. The van der Waals surface area contributed by atoms with E-state index in [1.54, 1.807) is 19.5 Å². The lowest BCUT2D eigenvalue weighted by molar-refractivity contribution is 0.382. The lowest BCUT2D eigenvalue weighted by Crippen LogP contribution is -2.22. The zero-order valence-corrected chi connectivity index (χ0v) is 11.0. The standard InChI is InChI=1S/C12H17N5O/c1-8-7-9(17(3)16-8)10(13-2)11-12(18-4)15-6-5-14-11/h5-7,10,13H,1-4H3. The fourth-order valence-electron chi connectivity index (χ4n) is 2.02. The summed E-state index contributed by atoms with van der Waals surface area (Å²) in [6.07, 6.45) is 3.27. The lowest BCUT2D eigenvalue weighted by Gasteiger charge is -2.17. The molecule has 2 aromatic heterocycles. The van der Waals surface area contributed by atoms with Crippen LogP contribution in [0, 0.1) is 6.92 Å². The molecule has 2 rings (SSSR count). The van der Waals surface area contributed by atoms with Crippen LogP contribution in [0.1, 0.15) is 23.1 Å². The van der Waals surface area contributed by atoms with Crippen LogP contribution < -0.4 is 10.1 Å². The summed E-state index contributed by atoms with van der Waals surface area (Å²) in [6.45, 7) is 1.96. The van der Waals surface area contributed by atoms with E-state index in [0.717, 1.165) is 17.1 Å². The van der Waals surface area contributed by atoms with Gasteiger partial charge in [-0.25, -0.2) is 4.98 Å². The van der Waals surface area contributed by atoms with Gasteiger partial charge in [0.05, 0.1) is 24.5 Å². The Kier molecular flexibility index (Phi) is 3.57. The SMILES string of the molecule is CNC(c1nccnc1OC)c1cc(C)nn1C. The summed E-state index contributed by atoms with van der Waals surface area (Å²) < 4.78 is 7.09. The molecule has 0 bridgehead atoms. The van der Waals surface area contributed by atoms with Gasteiger partial charge >= 0.3 is 0 Å². The Hall–Kier alpha value is -1.95. The molecule has 0 aromatic carbocycles. The molecule has 6 heteroatoms. The van der Waals surface area contributed by atoms with Crippen molar-refractivity contribution >= 4 is 0 Å². The van der Waals surface area contributed by atoms with Gasteiger partial charge in [0.15, 0.2) is 0 Å². The molecule has 96 valence electrons. The maximum Gasteiger partial charge on any atom is 0.237 e.